The van der Waals surface area contributed by atoms with Crippen LogP contribution in [0, 0.1) is 5.92 Å². The Bertz CT molecular complexity index is 208. The van der Waals surface area contributed by atoms with E-state index in [2.05, 4.69) is 0 Å². The van der Waals surface area contributed by atoms with Crippen molar-refractivity contribution < 1.29 is 14.7 Å². The molecule has 5 heteroatoms. The normalized spacial score (nSPS) is 24.8. The number of hydrogen-bond acceptors (Lipinski definition) is 4. The summed E-state index contributed by atoms with van der Waals surface area (Å²) >= 11 is 0. The molecule has 82 valence electrons. The molecule has 0 radical (unpaired) electrons. The van der Waals surface area contributed by atoms with E-state index in [1.54, 1.807) is 0 Å². The van der Waals surface area contributed by atoms with E-state index in [1.165, 1.54) is 5.06 Å². The van der Waals surface area contributed by atoms with Crippen LogP contribution in [0.25, 0.3) is 0 Å². The van der Waals surface area contributed by atoms with Gasteiger partial charge in [0.25, 0.3) is 5.91 Å². The molecule has 2 atom stereocenters. The van der Waals surface area contributed by atoms with Crippen molar-refractivity contribution in [2.24, 2.45) is 5.92 Å². The number of aliphatic hydroxyl groups is 1. The molecule has 2 unspecified atom stereocenters. The molecular weight excluding hydrogens is 184 g/mol. The summed E-state index contributed by atoms with van der Waals surface area (Å²) in [6.07, 6.45) is -0.556. The highest BCUT2D eigenvalue weighted by atomic mass is 16.7. The maximum atomic E-state index is 11.4. The second kappa shape index (κ2) is 4.72. The first kappa shape index (κ1) is 11.4. The fraction of sp³-hybridized carbons (Fsp3) is 0.889. The first-order valence-corrected chi connectivity index (χ1v) is 4.77. The number of β-amino-alcohol motifs (C(OH)–C–C–N with tert-alkyl or cyclic N) is 1. The fourth-order valence-electron chi connectivity index (χ4n) is 1.40. The van der Waals surface area contributed by atoms with Crippen LogP contribution in [0.4, 0.5) is 0 Å². The van der Waals surface area contributed by atoms with E-state index < -0.39 is 6.10 Å². The average Bonchev–Trinajstić information content (AvgIpc) is 2.34. The lowest BCUT2D eigenvalue weighted by molar-refractivity contribution is -0.168. The Labute approximate surface area is 84.2 Å². The van der Waals surface area contributed by atoms with Crippen LogP contribution in [-0.2, 0) is 9.63 Å². The second-order valence-corrected chi connectivity index (χ2v) is 4.01. The van der Waals surface area contributed by atoms with Gasteiger partial charge in [-0.3, -0.25) is 9.63 Å². The van der Waals surface area contributed by atoms with Gasteiger partial charge in [0.2, 0.25) is 0 Å². The molecule has 1 aliphatic heterocycles. The third-order valence-corrected chi connectivity index (χ3v) is 2.10. The number of likely N-dealkylation sites (N-methyl/N-ethyl adjacent to an activating group) is 1. The van der Waals surface area contributed by atoms with E-state index in [0.29, 0.717) is 13.2 Å². The van der Waals surface area contributed by atoms with Gasteiger partial charge in [-0.2, -0.15) is 0 Å². The molecule has 0 bridgehead atoms. The molecule has 14 heavy (non-hydrogen) atoms. The van der Waals surface area contributed by atoms with Crippen LogP contribution >= 0.6 is 0 Å². The van der Waals surface area contributed by atoms with E-state index in [0.717, 1.165) is 0 Å². The van der Waals surface area contributed by atoms with Gasteiger partial charge in [-0.1, -0.05) is 6.92 Å². The summed E-state index contributed by atoms with van der Waals surface area (Å²) in [5.41, 5.74) is 0. The van der Waals surface area contributed by atoms with E-state index >= 15 is 0 Å². The molecule has 1 fully saturated rings. The Kier molecular flexibility index (Phi) is 3.86. The van der Waals surface area contributed by atoms with Crippen molar-refractivity contribution in [1.29, 1.82) is 0 Å². The zero-order valence-electron chi connectivity index (χ0n) is 8.93. The molecule has 1 saturated heterocycles. The molecule has 1 amide bonds. The predicted molar refractivity (Wildman–Crippen MR) is 51.4 cm³/mol. The topological polar surface area (TPSA) is 53.0 Å². The predicted octanol–water partition coefficient (Wildman–Crippen LogP) is -0.681. The molecule has 1 rings (SSSR count). The van der Waals surface area contributed by atoms with Gasteiger partial charge in [0.05, 0.1) is 25.2 Å². The summed E-state index contributed by atoms with van der Waals surface area (Å²) in [6.45, 7) is 3.02. The monoisotopic (exact) mass is 202 g/mol. The van der Waals surface area contributed by atoms with Gasteiger partial charge in [-0.05, 0) is 14.1 Å². The van der Waals surface area contributed by atoms with Gasteiger partial charge >= 0.3 is 0 Å². The Morgan fingerprint density at radius 3 is 2.79 bits per heavy atom. The molecule has 0 aromatic carbocycles. The number of amides is 1. The molecular formula is C9H18N2O3. The van der Waals surface area contributed by atoms with Crippen LogP contribution in [0.5, 0.6) is 0 Å². The third-order valence-electron chi connectivity index (χ3n) is 2.10. The number of rotatable bonds is 4. The molecule has 0 saturated carbocycles. The summed E-state index contributed by atoms with van der Waals surface area (Å²) in [5.74, 6) is -0.121. The van der Waals surface area contributed by atoms with Gasteiger partial charge in [0.15, 0.2) is 0 Å². The van der Waals surface area contributed by atoms with Crippen molar-refractivity contribution in [3.05, 3.63) is 0 Å². The molecule has 1 N–H and O–H groups in total. The van der Waals surface area contributed by atoms with E-state index in [9.17, 15) is 9.90 Å². The lowest BCUT2D eigenvalue weighted by Gasteiger charge is -2.21. The van der Waals surface area contributed by atoms with Crippen LogP contribution in [0.1, 0.15) is 6.92 Å². The fourth-order valence-corrected chi connectivity index (χ4v) is 1.40. The summed E-state index contributed by atoms with van der Waals surface area (Å²) in [4.78, 5) is 18.4. The SMILES string of the molecule is CC1CON(CC(O)CN(C)C)C1=O. The molecule has 0 aliphatic carbocycles. The van der Waals surface area contributed by atoms with E-state index in [-0.39, 0.29) is 18.4 Å². The second-order valence-electron chi connectivity index (χ2n) is 4.01. The minimum absolute atomic E-state index is 0.0391. The maximum absolute atomic E-state index is 11.4. The number of aliphatic hydroxyl groups excluding tert-OH is 1. The summed E-state index contributed by atoms with van der Waals surface area (Å²) in [6, 6.07) is 0. The first-order valence-electron chi connectivity index (χ1n) is 4.77. The van der Waals surface area contributed by atoms with Gasteiger partial charge in [-0.25, -0.2) is 5.06 Å². The molecule has 5 nitrogen and oxygen atoms in total. The minimum atomic E-state index is -0.556. The van der Waals surface area contributed by atoms with Crippen molar-refractivity contribution in [1.82, 2.24) is 9.96 Å². The van der Waals surface area contributed by atoms with Gasteiger partial charge < -0.3 is 10.0 Å². The van der Waals surface area contributed by atoms with E-state index in [4.69, 9.17) is 4.84 Å². The summed E-state index contributed by atoms with van der Waals surface area (Å²) in [5, 5.41) is 10.8. The number of carbonyl (C=O) groups excluding carboxylic acids is 1. The van der Waals surface area contributed by atoms with Crippen molar-refractivity contribution >= 4 is 5.91 Å². The van der Waals surface area contributed by atoms with Gasteiger partial charge in [-0.15, -0.1) is 0 Å². The highest BCUT2D eigenvalue weighted by Gasteiger charge is 2.30. The number of hydrogen-bond donors (Lipinski definition) is 1. The van der Waals surface area contributed by atoms with Crippen molar-refractivity contribution in [3.63, 3.8) is 0 Å². The third kappa shape index (κ3) is 2.94. The van der Waals surface area contributed by atoms with Crippen molar-refractivity contribution in [2.45, 2.75) is 13.0 Å². The van der Waals surface area contributed by atoms with Crippen LogP contribution in [0.3, 0.4) is 0 Å². The first-order chi connectivity index (χ1) is 6.50. The molecule has 0 aromatic heterocycles. The largest absolute Gasteiger partial charge is 0.390 e. The van der Waals surface area contributed by atoms with Crippen LogP contribution < -0.4 is 0 Å². The van der Waals surface area contributed by atoms with Gasteiger partial charge in [0, 0.05) is 6.54 Å². The van der Waals surface area contributed by atoms with Crippen LogP contribution in [0.15, 0.2) is 0 Å². The van der Waals surface area contributed by atoms with Crippen molar-refractivity contribution in [3.8, 4) is 0 Å². The Morgan fingerprint density at radius 1 is 1.71 bits per heavy atom. The van der Waals surface area contributed by atoms with Crippen LogP contribution in [-0.4, -0.2) is 60.9 Å². The molecule has 1 aliphatic rings. The lowest BCUT2D eigenvalue weighted by Crippen LogP contribution is -2.38. The molecule has 1 heterocycles. The highest BCUT2D eigenvalue weighted by molar-refractivity contribution is 5.78. The van der Waals surface area contributed by atoms with Crippen molar-refractivity contribution in [2.75, 3.05) is 33.8 Å². The Hall–Kier alpha value is -0.650. The van der Waals surface area contributed by atoms with Gasteiger partial charge in [0.1, 0.15) is 0 Å². The standard InChI is InChI=1S/C9H18N2O3/c1-7-6-14-11(9(7)13)5-8(12)4-10(2)3/h7-8,12H,4-6H2,1-3H3. The Balaban J connectivity index is 2.34. The maximum Gasteiger partial charge on any atom is 0.251 e. The highest BCUT2D eigenvalue weighted by Crippen LogP contribution is 2.13. The number of carbonyl (C=O) groups is 1. The zero-order chi connectivity index (χ0) is 10.7. The van der Waals surface area contributed by atoms with E-state index in [1.807, 2.05) is 25.9 Å². The summed E-state index contributed by atoms with van der Waals surface area (Å²) in [7, 11) is 3.75. The number of hydroxylamine groups is 2. The molecule has 0 spiro atoms. The average molecular weight is 202 g/mol. The minimum Gasteiger partial charge on any atom is -0.390 e. The smallest absolute Gasteiger partial charge is 0.251 e. The zero-order valence-corrected chi connectivity index (χ0v) is 8.93. The lowest BCUT2D eigenvalue weighted by atomic mass is 10.2. The quantitative estimate of drug-likeness (QED) is 0.656. The summed E-state index contributed by atoms with van der Waals surface area (Å²) < 4.78 is 0. The Morgan fingerprint density at radius 2 is 2.36 bits per heavy atom. The number of nitrogens with zero attached hydrogens (tertiary/aromatic N) is 2. The molecule has 0 aromatic rings. The van der Waals surface area contributed by atoms with Crippen LogP contribution in [0.2, 0.25) is 0 Å².